The lowest BCUT2D eigenvalue weighted by Crippen LogP contribution is -2.12. The number of nitrogens with zero attached hydrogens (tertiary/aromatic N) is 2. The van der Waals surface area contributed by atoms with Crippen LogP contribution in [0.25, 0.3) is 0 Å². The number of amides is 1. The first kappa shape index (κ1) is 10.1. The fraction of sp³-hybridized carbons (Fsp3) is 0. The minimum atomic E-state index is -0.605. The lowest BCUT2D eigenvalue weighted by Gasteiger charge is -2.03. The van der Waals surface area contributed by atoms with Crippen molar-refractivity contribution in [2.75, 3.05) is 5.32 Å². The molecule has 7 heteroatoms. The Labute approximate surface area is 89.7 Å². The standard InChI is InChI=1S/C9H8FN5O/c10-7-2-1-5(3-12-7)14-9-6(8(11)16)4-13-15-9/h1-4H,(H2,11,16)(H2,13,14,15). The molecule has 0 aliphatic carbocycles. The first-order valence-electron chi connectivity index (χ1n) is 4.38. The first-order valence-corrected chi connectivity index (χ1v) is 4.38. The van der Waals surface area contributed by atoms with Crippen molar-refractivity contribution in [3.63, 3.8) is 0 Å². The molecule has 0 radical (unpaired) electrons. The molecule has 1 amide bonds. The second kappa shape index (κ2) is 3.97. The number of anilines is 2. The molecule has 0 fully saturated rings. The number of hydrogen-bond donors (Lipinski definition) is 3. The second-order valence-corrected chi connectivity index (χ2v) is 3.02. The van der Waals surface area contributed by atoms with Gasteiger partial charge in [0, 0.05) is 0 Å². The lowest BCUT2D eigenvalue weighted by atomic mass is 10.3. The number of halogens is 1. The summed E-state index contributed by atoms with van der Waals surface area (Å²) in [7, 11) is 0. The molecule has 16 heavy (non-hydrogen) atoms. The van der Waals surface area contributed by atoms with Gasteiger partial charge in [-0.15, -0.1) is 0 Å². The zero-order chi connectivity index (χ0) is 11.5. The number of hydrogen-bond acceptors (Lipinski definition) is 4. The molecular formula is C9H8FN5O. The smallest absolute Gasteiger partial charge is 0.254 e. The zero-order valence-electron chi connectivity index (χ0n) is 8.07. The number of carbonyl (C=O) groups is 1. The maximum atomic E-state index is 12.5. The Balaban J connectivity index is 2.23. The van der Waals surface area contributed by atoms with Crippen LogP contribution in [-0.2, 0) is 0 Å². The average Bonchev–Trinajstić information content (AvgIpc) is 2.69. The van der Waals surface area contributed by atoms with Gasteiger partial charge in [0.2, 0.25) is 5.95 Å². The van der Waals surface area contributed by atoms with Crippen molar-refractivity contribution in [2.45, 2.75) is 0 Å². The Kier molecular flexibility index (Phi) is 2.50. The van der Waals surface area contributed by atoms with E-state index in [1.54, 1.807) is 0 Å². The third-order valence-corrected chi connectivity index (χ3v) is 1.90. The van der Waals surface area contributed by atoms with E-state index in [-0.39, 0.29) is 5.56 Å². The normalized spacial score (nSPS) is 10.1. The van der Waals surface area contributed by atoms with Gasteiger partial charge in [0.25, 0.3) is 5.91 Å². The van der Waals surface area contributed by atoms with Crippen LogP contribution < -0.4 is 11.1 Å². The minimum absolute atomic E-state index is 0.226. The Hall–Kier alpha value is -2.44. The van der Waals surface area contributed by atoms with Crippen molar-refractivity contribution in [1.29, 1.82) is 0 Å². The fourth-order valence-electron chi connectivity index (χ4n) is 1.16. The highest BCUT2D eigenvalue weighted by Gasteiger charge is 2.10. The third-order valence-electron chi connectivity index (χ3n) is 1.90. The summed E-state index contributed by atoms with van der Waals surface area (Å²) in [6, 6.07) is 2.68. The molecule has 0 saturated carbocycles. The highest BCUT2D eigenvalue weighted by Crippen LogP contribution is 2.16. The highest BCUT2D eigenvalue weighted by molar-refractivity contribution is 5.97. The maximum Gasteiger partial charge on any atom is 0.254 e. The van der Waals surface area contributed by atoms with Gasteiger partial charge in [-0.05, 0) is 12.1 Å². The summed E-state index contributed by atoms with van der Waals surface area (Å²) in [5, 5.41) is 9.05. The van der Waals surface area contributed by atoms with Gasteiger partial charge in [0.15, 0.2) is 0 Å². The van der Waals surface area contributed by atoms with Gasteiger partial charge in [-0.25, -0.2) is 4.98 Å². The van der Waals surface area contributed by atoms with E-state index in [0.717, 1.165) is 0 Å². The van der Waals surface area contributed by atoms with Gasteiger partial charge in [0.1, 0.15) is 11.4 Å². The lowest BCUT2D eigenvalue weighted by molar-refractivity contribution is 0.100. The summed E-state index contributed by atoms with van der Waals surface area (Å²) in [4.78, 5) is 14.4. The van der Waals surface area contributed by atoms with Crippen molar-refractivity contribution in [3.8, 4) is 0 Å². The number of pyridine rings is 1. The summed E-state index contributed by atoms with van der Waals surface area (Å²) in [5.74, 6) is -0.836. The quantitative estimate of drug-likeness (QED) is 0.667. The van der Waals surface area contributed by atoms with Gasteiger partial charge < -0.3 is 11.1 Å². The van der Waals surface area contributed by atoms with E-state index in [1.165, 1.54) is 24.5 Å². The molecule has 0 aliphatic rings. The minimum Gasteiger partial charge on any atom is -0.365 e. The number of nitrogens with two attached hydrogens (primary N) is 1. The SMILES string of the molecule is NC(=O)c1cn[nH]c1Nc1ccc(F)nc1. The largest absolute Gasteiger partial charge is 0.365 e. The van der Waals surface area contributed by atoms with Crippen molar-refractivity contribution in [1.82, 2.24) is 15.2 Å². The Morgan fingerprint density at radius 2 is 2.25 bits per heavy atom. The van der Waals surface area contributed by atoms with E-state index in [1.807, 2.05) is 0 Å². The topological polar surface area (TPSA) is 96.7 Å². The molecule has 0 unspecified atom stereocenters. The number of primary amides is 1. The fourth-order valence-corrected chi connectivity index (χ4v) is 1.16. The van der Waals surface area contributed by atoms with Crippen LogP contribution in [0.1, 0.15) is 10.4 Å². The van der Waals surface area contributed by atoms with Crippen molar-refractivity contribution in [2.24, 2.45) is 5.73 Å². The molecule has 4 N–H and O–H groups in total. The summed E-state index contributed by atoms with van der Waals surface area (Å²) >= 11 is 0. The number of carbonyl (C=O) groups excluding carboxylic acids is 1. The summed E-state index contributed by atoms with van der Waals surface area (Å²) in [5.41, 5.74) is 5.87. The molecule has 0 spiro atoms. The second-order valence-electron chi connectivity index (χ2n) is 3.02. The summed E-state index contributed by atoms with van der Waals surface area (Å²) in [6.07, 6.45) is 2.60. The van der Waals surface area contributed by atoms with Crippen molar-refractivity contribution < 1.29 is 9.18 Å². The molecule has 2 rings (SSSR count). The zero-order valence-corrected chi connectivity index (χ0v) is 8.07. The first-order chi connectivity index (χ1) is 7.66. The van der Waals surface area contributed by atoms with Gasteiger partial charge in [-0.3, -0.25) is 9.89 Å². The predicted molar refractivity (Wildman–Crippen MR) is 54.6 cm³/mol. The van der Waals surface area contributed by atoms with Gasteiger partial charge in [0.05, 0.1) is 18.1 Å². The van der Waals surface area contributed by atoms with Crippen LogP contribution >= 0.6 is 0 Å². The molecule has 6 nitrogen and oxygen atoms in total. The number of aromatic amines is 1. The van der Waals surface area contributed by atoms with E-state index in [2.05, 4.69) is 20.5 Å². The van der Waals surface area contributed by atoms with Gasteiger partial charge >= 0.3 is 0 Å². The monoisotopic (exact) mass is 221 g/mol. The molecule has 2 aromatic rings. The molecule has 0 atom stereocenters. The molecule has 0 bridgehead atoms. The van der Waals surface area contributed by atoms with E-state index in [4.69, 9.17) is 5.73 Å². The Morgan fingerprint density at radius 1 is 1.44 bits per heavy atom. The van der Waals surface area contributed by atoms with Crippen LogP contribution in [0.4, 0.5) is 15.9 Å². The van der Waals surface area contributed by atoms with E-state index < -0.39 is 11.9 Å². The van der Waals surface area contributed by atoms with E-state index in [0.29, 0.717) is 11.5 Å². The molecule has 0 saturated heterocycles. The number of nitrogens with one attached hydrogen (secondary N) is 2. The Morgan fingerprint density at radius 3 is 2.88 bits per heavy atom. The maximum absolute atomic E-state index is 12.5. The predicted octanol–water partition coefficient (Wildman–Crippen LogP) is 0.786. The average molecular weight is 221 g/mol. The highest BCUT2D eigenvalue weighted by atomic mass is 19.1. The molecule has 2 aromatic heterocycles. The molecule has 2 heterocycles. The molecular weight excluding hydrogens is 213 g/mol. The molecule has 82 valence electrons. The van der Waals surface area contributed by atoms with Crippen LogP contribution in [0, 0.1) is 5.95 Å². The summed E-state index contributed by atoms with van der Waals surface area (Å²) in [6.45, 7) is 0. The van der Waals surface area contributed by atoms with Crippen LogP contribution in [0.15, 0.2) is 24.5 Å². The van der Waals surface area contributed by atoms with Crippen LogP contribution in [-0.4, -0.2) is 21.1 Å². The van der Waals surface area contributed by atoms with Crippen LogP contribution in [0.3, 0.4) is 0 Å². The van der Waals surface area contributed by atoms with E-state index >= 15 is 0 Å². The van der Waals surface area contributed by atoms with Gasteiger partial charge in [-0.1, -0.05) is 0 Å². The van der Waals surface area contributed by atoms with Crippen LogP contribution in [0.2, 0.25) is 0 Å². The number of aromatic nitrogens is 3. The van der Waals surface area contributed by atoms with Crippen LogP contribution in [0.5, 0.6) is 0 Å². The number of rotatable bonds is 3. The third kappa shape index (κ3) is 1.97. The summed E-state index contributed by atoms with van der Waals surface area (Å²) < 4.78 is 12.5. The van der Waals surface area contributed by atoms with Gasteiger partial charge in [-0.2, -0.15) is 9.49 Å². The van der Waals surface area contributed by atoms with Crippen molar-refractivity contribution in [3.05, 3.63) is 36.0 Å². The van der Waals surface area contributed by atoms with Crippen molar-refractivity contribution >= 4 is 17.4 Å². The molecule has 0 aromatic carbocycles. The molecule has 0 aliphatic heterocycles. The van der Waals surface area contributed by atoms with E-state index in [9.17, 15) is 9.18 Å². The number of H-pyrrole nitrogens is 1. The Bertz CT molecular complexity index is 507.